The van der Waals surface area contributed by atoms with Gasteiger partial charge in [0.05, 0.1) is 12.0 Å². The monoisotopic (exact) mass is 350 g/mol. The molecule has 0 saturated carbocycles. The minimum Gasteiger partial charge on any atom is -0.496 e. The quantitative estimate of drug-likeness (QED) is 0.355. The number of aliphatic imine (C=N–C) groups is 1. The largest absolute Gasteiger partial charge is 0.496 e. The van der Waals surface area contributed by atoms with Crippen molar-refractivity contribution < 1.29 is 19.2 Å². The molecule has 0 aromatic heterocycles. The molecule has 2 aromatic rings. The standard InChI is InChI=1S/C19H14N2O5/c1-25-17-8-3-2-6-14(17)9-10-18-20-16(19(22)26-18)12-13-5-4-7-15(11-13)21(23)24/h2-12H,1H3/b10-9+,16-12+. The Hall–Kier alpha value is -3.74. The minimum atomic E-state index is -0.615. The Labute approximate surface area is 149 Å². The van der Waals surface area contributed by atoms with Gasteiger partial charge in [-0.25, -0.2) is 9.79 Å². The van der Waals surface area contributed by atoms with Gasteiger partial charge >= 0.3 is 5.97 Å². The molecule has 1 heterocycles. The van der Waals surface area contributed by atoms with Crippen molar-refractivity contribution in [2.75, 3.05) is 7.11 Å². The van der Waals surface area contributed by atoms with Crippen molar-refractivity contribution in [1.82, 2.24) is 0 Å². The Morgan fingerprint density at radius 3 is 2.73 bits per heavy atom. The number of hydrogen-bond donors (Lipinski definition) is 0. The second-order valence-electron chi connectivity index (χ2n) is 5.30. The molecular formula is C19H14N2O5. The lowest BCUT2D eigenvalue weighted by Crippen LogP contribution is -2.01. The molecule has 2 aromatic carbocycles. The van der Waals surface area contributed by atoms with Gasteiger partial charge in [-0.2, -0.15) is 0 Å². The van der Waals surface area contributed by atoms with E-state index >= 15 is 0 Å². The number of cyclic esters (lactones) is 1. The van der Waals surface area contributed by atoms with Crippen LogP contribution in [0.1, 0.15) is 11.1 Å². The molecule has 3 rings (SSSR count). The van der Waals surface area contributed by atoms with Crippen molar-refractivity contribution in [3.8, 4) is 5.75 Å². The Morgan fingerprint density at radius 1 is 1.15 bits per heavy atom. The number of nitro groups is 1. The van der Waals surface area contributed by atoms with Gasteiger partial charge in [0, 0.05) is 23.8 Å². The normalized spacial score (nSPS) is 15.2. The summed E-state index contributed by atoms with van der Waals surface area (Å²) in [5, 5.41) is 10.8. The molecule has 0 bridgehead atoms. The Bertz CT molecular complexity index is 960. The average Bonchev–Trinajstić information content (AvgIpc) is 3.00. The number of carbonyl (C=O) groups excluding carboxylic acids is 1. The van der Waals surface area contributed by atoms with Gasteiger partial charge in [-0.3, -0.25) is 10.1 Å². The van der Waals surface area contributed by atoms with Gasteiger partial charge < -0.3 is 9.47 Å². The average molecular weight is 350 g/mol. The van der Waals surface area contributed by atoms with Crippen LogP contribution < -0.4 is 4.74 Å². The zero-order chi connectivity index (χ0) is 18.5. The lowest BCUT2D eigenvalue weighted by atomic mass is 10.1. The lowest BCUT2D eigenvalue weighted by Gasteiger charge is -2.02. The minimum absolute atomic E-state index is 0.0639. The zero-order valence-corrected chi connectivity index (χ0v) is 13.8. The molecule has 0 saturated heterocycles. The Balaban J connectivity index is 1.84. The molecule has 0 N–H and O–H groups in total. The third-order valence-corrected chi connectivity index (χ3v) is 3.57. The van der Waals surface area contributed by atoms with Crippen molar-refractivity contribution in [2.45, 2.75) is 0 Å². The van der Waals surface area contributed by atoms with Crippen molar-refractivity contribution in [3.63, 3.8) is 0 Å². The van der Waals surface area contributed by atoms with Crippen LogP contribution in [0.25, 0.3) is 12.2 Å². The number of rotatable bonds is 5. The predicted octanol–water partition coefficient (Wildman–Crippen LogP) is 3.61. The van der Waals surface area contributed by atoms with Crippen LogP contribution in [0.5, 0.6) is 5.75 Å². The highest BCUT2D eigenvalue weighted by atomic mass is 16.6. The highest BCUT2D eigenvalue weighted by Gasteiger charge is 2.21. The molecule has 7 heteroatoms. The Morgan fingerprint density at radius 2 is 1.96 bits per heavy atom. The number of benzene rings is 2. The Kier molecular flexibility index (Phi) is 4.89. The van der Waals surface area contributed by atoms with E-state index < -0.39 is 10.9 Å². The molecule has 0 radical (unpaired) electrons. The smallest absolute Gasteiger partial charge is 0.363 e. The van der Waals surface area contributed by atoms with Gasteiger partial charge in [-0.15, -0.1) is 0 Å². The number of esters is 1. The number of hydrogen-bond acceptors (Lipinski definition) is 6. The molecule has 0 spiro atoms. The van der Waals surface area contributed by atoms with E-state index in [2.05, 4.69) is 4.99 Å². The highest BCUT2D eigenvalue weighted by Crippen LogP contribution is 2.21. The first-order valence-electron chi connectivity index (χ1n) is 7.65. The summed E-state index contributed by atoms with van der Waals surface area (Å²) in [5.74, 6) is 0.204. The molecule has 7 nitrogen and oxygen atoms in total. The summed E-state index contributed by atoms with van der Waals surface area (Å²) in [4.78, 5) is 26.4. The van der Waals surface area contributed by atoms with Gasteiger partial charge in [0.15, 0.2) is 5.70 Å². The van der Waals surface area contributed by atoms with Gasteiger partial charge in [0.25, 0.3) is 5.69 Å². The van der Waals surface area contributed by atoms with Gasteiger partial charge in [0.2, 0.25) is 5.90 Å². The summed E-state index contributed by atoms with van der Waals surface area (Å²) < 4.78 is 10.3. The first kappa shape index (κ1) is 17.1. The van der Waals surface area contributed by atoms with E-state index in [9.17, 15) is 14.9 Å². The maximum atomic E-state index is 11.9. The van der Waals surface area contributed by atoms with Crippen molar-refractivity contribution in [1.29, 1.82) is 0 Å². The van der Waals surface area contributed by atoms with E-state index in [0.29, 0.717) is 11.3 Å². The number of carbonyl (C=O) groups is 1. The van der Waals surface area contributed by atoms with E-state index in [0.717, 1.165) is 5.56 Å². The third-order valence-electron chi connectivity index (χ3n) is 3.57. The van der Waals surface area contributed by atoms with E-state index in [1.54, 1.807) is 25.3 Å². The topological polar surface area (TPSA) is 91.0 Å². The fourth-order valence-electron chi connectivity index (χ4n) is 2.35. The summed E-state index contributed by atoms with van der Waals surface area (Å²) in [6.07, 6.45) is 4.73. The molecule has 1 aliphatic rings. The van der Waals surface area contributed by atoms with E-state index in [4.69, 9.17) is 9.47 Å². The second-order valence-corrected chi connectivity index (χ2v) is 5.30. The summed E-state index contributed by atoms with van der Waals surface area (Å²) >= 11 is 0. The second kappa shape index (κ2) is 7.43. The van der Waals surface area contributed by atoms with Gasteiger partial charge in [0.1, 0.15) is 5.75 Å². The van der Waals surface area contributed by atoms with E-state index in [1.807, 2.05) is 24.3 Å². The summed E-state index contributed by atoms with van der Waals surface area (Å²) in [6, 6.07) is 13.3. The molecule has 130 valence electrons. The highest BCUT2D eigenvalue weighted by molar-refractivity contribution is 6.11. The van der Waals surface area contributed by atoms with Crippen LogP contribution in [0.15, 0.2) is 65.3 Å². The molecule has 0 unspecified atom stereocenters. The van der Waals surface area contributed by atoms with E-state index in [1.165, 1.54) is 24.3 Å². The summed E-state index contributed by atoms with van der Waals surface area (Å²) in [5.41, 5.74) is 1.31. The molecule has 1 aliphatic heterocycles. The van der Waals surface area contributed by atoms with Crippen LogP contribution in [0.2, 0.25) is 0 Å². The van der Waals surface area contributed by atoms with Gasteiger partial charge in [-0.05, 0) is 23.8 Å². The number of non-ortho nitro benzene ring substituents is 1. The molecule has 0 atom stereocenters. The number of para-hydroxylation sites is 1. The molecular weight excluding hydrogens is 336 g/mol. The summed E-state index contributed by atoms with van der Waals surface area (Å²) in [6.45, 7) is 0. The van der Waals surface area contributed by atoms with Crippen molar-refractivity contribution in [3.05, 3.63) is 81.5 Å². The van der Waals surface area contributed by atoms with Crippen LogP contribution >= 0.6 is 0 Å². The maximum absolute atomic E-state index is 11.9. The molecule has 0 fully saturated rings. The van der Waals surface area contributed by atoms with E-state index in [-0.39, 0.29) is 17.3 Å². The first-order valence-corrected chi connectivity index (χ1v) is 7.65. The molecule has 0 aliphatic carbocycles. The fourth-order valence-corrected chi connectivity index (χ4v) is 2.35. The maximum Gasteiger partial charge on any atom is 0.363 e. The van der Waals surface area contributed by atoms with Crippen LogP contribution in [-0.2, 0) is 9.53 Å². The van der Waals surface area contributed by atoms with Crippen molar-refractivity contribution >= 4 is 29.7 Å². The summed E-state index contributed by atoms with van der Waals surface area (Å²) in [7, 11) is 1.57. The molecule has 26 heavy (non-hydrogen) atoms. The van der Waals surface area contributed by atoms with Crippen LogP contribution in [0.4, 0.5) is 5.69 Å². The first-order chi connectivity index (χ1) is 12.6. The van der Waals surface area contributed by atoms with Crippen LogP contribution in [0, 0.1) is 10.1 Å². The zero-order valence-electron chi connectivity index (χ0n) is 13.8. The van der Waals surface area contributed by atoms with Crippen molar-refractivity contribution in [2.24, 2.45) is 4.99 Å². The lowest BCUT2D eigenvalue weighted by molar-refractivity contribution is -0.384. The third kappa shape index (κ3) is 3.84. The number of ether oxygens (including phenoxy) is 2. The van der Waals surface area contributed by atoms with Crippen LogP contribution in [-0.4, -0.2) is 23.9 Å². The van der Waals surface area contributed by atoms with Gasteiger partial charge in [-0.1, -0.05) is 30.3 Å². The molecule has 0 amide bonds. The SMILES string of the molecule is COc1ccccc1/C=C/C1=NC(=C/c2cccc([N+](=O)[O-])c2)/C(=O)O1. The number of nitro benzene ring substituents is 1. The van der Waals surface area contributed by atoms with Crippen LogP contribution in [0.3, 0.4) is 0 Å². The number of nitrogens with zero attached hydrogens (tertiary/aromatic N) is 2. The number of methoxy groups -OCH3 is 1. The fraction of sp³-hybridized carbons (Fsp3) is 0.0526. The predicted molar refractivity (Wildman–Crippen MR) is 96.6 cm³/mol.